The standard InChI is InChI=1S/C13H12Br2O/c1-2-12-11(7-8-16-12)13(15)9-3-5-10(14)6-4-9/h3-8,13H,2H2,1H3. The molecule has 0 aliphatic carbocycles. The van der Waals surface area contributed by atoms with E-state index >= 15 is 0 Å². The fourth-order valence-corrected chi connectivity index (χ4v) is 2.65. The molecule has 1 nitrogen and oxygen atoms in total. The van der Waals surface area contributed by atoms with Gasteiger partial charge in [-0.3, -0.25) is 0 Å². The summed E-state index contributed by atoms with van der Waals surface area (Å²) < 4.78 is 6.54. The van der Waals surface area contributed by atoms with E-state index in [1.54, 1.807) is 6.26 Å². The van der Waals surface area contributed by atoms with Gasteiger partial charge in [0, 0.05) is 16.5 Å². The molecule has 1 atom stereocenters. The molecule has 2 rings (SSSR count). The Balaban J connectivity index is 2.31. The third kappa shape index (κ3) is 2.41. The Labute approximate surface area is 112 Å². The predicted molar refractivity (Wildman–Crippen MR) is 73.0 cm³/mol. The second-order valence-corrected chi connectivity index (χ2v) is 5.40. The van der Waals surface area contributed by atoms with Gasteiger partial charge in [0.2, 0.25) is 0 Å². The van der Waals surface area contributed by atoms with Crippen molar-refractivity contribution in [2.24, 2.45) is 0 Å². The normalized spacial score (nSPS) is 12.7. The first-order valence-corrected chi connectivity index (χ1v) is 6.89. The Kier molecular flexibility index (Phi) is 3.87. The second-order valence-electron chi connectivity index (χ2n) is 3.57. The van der Waals surface area contributed by atoms with Crippen LogP contribution in [0.4, 0.5) is 0 Å². The summed E-state index contributed by atoms with van der Waals surface area (Å²) in [6.45, 7) is 2.10. The molecule has 0 fully saturated rings. The highest BCUT2D eigenvalue weighted by molar-refractivity contribution is 9.10. The Morgan fingerprint density at radius 2 is 1.88 bits per heavy atom. The van der Waals surface area contributed by atoms with Gasteiger partial charge in [-0.15, -0.1) is 0 Å². The largest absolute Gasteiger partial charge is 0.469 e. The molecule has 0 bridgehead atoms. The van der Waals surface area contributed by atoms with Gasteiger partial charge in [-0.2, -0.15) is 0 Å². The van der Waals surface area contributed by atoms with Gasteiger partial charge in [0.05, 0.1) is 11.1 Å². The van der Waals surface area contributed by atoms with Crippen LogP contribution < -0.4 is 0 Å². The third-order valence-corrected chi connectivity index (χ3v) is 4.09. The van der Waals surface area contributed by atoms with Crippen molar-refractivity contribution in [3.8, 4) is 0 Å². The van der Waals surface area contributed by atoms with Crippen molar-refractivity contribution < 1.29 is 4.42 Å². The first-order chi connectivity index (χ1) is 7.72. The van der Waals surface area contributed by atoms with Crippen LogP contribution in [-0.2, 0) is 6.42 Å². The van der Waals surface area contributed by atoms with Crippen LogP contribution in [-0.4, -0.2) is 0 Å². The molecular weight excluding hydrogens is 332 g/mol. The van der Waals surface area contributed by atoms with Gasteiger partial charge in [-0.1, -0.05) is 50.9 Å². The van der Waals surface area contributed by atoms with Crippen molar-refractivity contribution in [1.82, 2.24) is 0 Å². The highest BCUT2D eigenvalue weighted by Gasteiger charge is 2.15. The van der Waals surface area contributed by atoms with Crippen LogP contribution in [0.15, 0.2) is 45.5 Å². The minimum Gasteiger partial charge on any atom is -0.469 e. The summed E-state index contributed by atoms with van der Waals surface area (Å²) in [5.74, 6) is 1.05. The number of rotatable bonds is 3. The summed E-state index contributed by atoms with van der Waals surface area (Å²) in [4.78, 5) is 0.203. The number of halogens is 2. The van der Waals surface area contributed by atoms with Crippen molar-refractivity contribution in [3.05, 3.63) is 58.0 Å². The lowest BCUT2D eigenvalue weighted by molar-refractivity contribution is 0.512. The molecule has 0 aliphatic heterocycles. The Hall–Kier alpha value is -0.540. The van der Waals surface area contributed by atoms with Crippen molar-refractivity contribution in [2.75, 3.05) is 0 Å². The summed E-state index contributed by atoms with van der Waals surface area (Å²) in [5.41, 5.74) is 2.45. The topological polar surface area (TPSA) is 13.1 Å². The number of aryl methyl sites for hydroxylation is 1. The van der Waals surface area contributed by atoms with Crippen molar-refractivity contribution >= 4 is 31.9 Å². The average Bonchev–Trinajstić information content (AvgIpc) is 2.77. The molecule has 84 valence electrons. The lowest BCUT2D eigenvalue weighted by atomic mass is 10.0. The van der Waals surface area contributed by atoms with Gasteiger partial charge in [-0.05, 0) is 23.8 Å². The first-order valence-electron chi connectivity index (χ1n) is 5.18. The summed E-state index contributed by atoms with van der Waals surface area (Å²) in [7, 11) is 0. The van der Waals surface area contributed by atoms with Gasteiger partial charge in [0.15, 0.2) is 0 Å². The summed E-state index contributed by atoms with van der Waals surface area (Å²) in [6.07, 6.45) is 2.67. The monoisotopic (exact) mass is 342 g/mol. The van der Waals surface area contributed by atoms with Crippen LogP contribution in [0.5, 0.6) is 0 Å². The molecule has 0 radical (unpaired) electrons. The van der Waals surface area contributed by atoms with E-state index in [1.165, 1.54) is 11.1 Å². The van der Waals surface area contributed by atoms with Gasteiger partial charge in [-0.25, -0.2) is 0 Å². The van der Waals surface area contributed by atoms with Gasteiger partial charge >= 0.3 is 0 Å². The average molecular weight is 344 g/mol. The Morgan fingerprint density at radius 1 is 1.19 bits per heavy atom. The van der Waals surface area contributed by atoms with E-state index < -0.39 is 0 Å². The van der Waals surface area contributed by atoms with E-state index in [1.807, 2.05) is 6.07 Å². The maximum absolute atomic E-state index is 5.44. The molecule has 3 heteroatoms. The fourth-order valence-electron chi connectivity index (χ4n) is 1.68. The number of hydrogen-bond acceptors (Lipinski definition) is 1. The van der Waals surface area contributed by atoms with E-state index in [-0.39, 0.29) is 4.83 Å². The predicted octanol–water partition coefficient (Wildman–Crippen LogP) is 5.09. The molecule has 0 spiro atoms. The Morgan fingerprint density at radius 3 is 2.50 bits per heavy atom. The van der Waals surface area contributed by atoms with Crippen molar-refractivity contribution in [1.29, 1.82) is 0 Å². The SMILES string of the molecule is CCc1occc1C(Br)c1ccc(Br)cc1. The first kappa shape index (κ1) is 11.9. The van der Waals surface area contributed by atoms with E-state index in [4.69, 9.17) is 4.42 Å². The highest BCUT2D eigenvalue weighted by Crippen LogP contribution is 2.34. The lowest BCUT2D eigenvalue weighted by Gasteiger charge is -2.10. The van der Waals surface area contributed by atoms with Crippen LogP contribution in [0.2, 0.25) is 0 Å². The van der Waals surface area contributed by atoms with E-state index in [9.17, 15) is 0 Å². The Bertz CT molecular complexity index is 459. The summed E-state index contributed by atoms with van der Waals surface area (Å²) in [5, 5.41) is 0. The smallest absolute Gasteiger partial charge is 0.108 e. The zero-order chi connectivity index (χ0) is 11.5. The number of alkyl halides is 1. The number of furan rings is 1. The maximum atomic E-state index is 5.44. The number of benzene rings is 1. The van der Waals surface area contributed by atoms with Crippen LogP contribution in [0.25, 0.3) is 0 Å². The molecule has 1 aromatic heterocycles. The van der Waals surface area contributed by atoms with E-state index in [2.05, 4.69) is 63.0 Å². The molecule has 0 aliphatic rings. The van der Waals surface area contributed by atoms with Crippen molar-refractivity contribution in [3.63, 3.8) is 0 Å². The summed E-state index contributed by atoms with van der Waals surface area (Å²) in [6, 6.07) is 10.3. The molecule has 1 unspecified atom stereocenters. The molecule has 0 saturated heterocycles. The number of hydrogen-bond donors (Lipinski definition) is 0. The highest BCUT2D eigenvalue weighted by atomic mass is 79.9. The van der Waals surface area contributed by atoms with Crippen LogP contribution in [0, 0.1) is 0 Å². The third-order valence-electron chi connectivity index (χ3n) is 2.54. The quantitative estimate of drug-likeness (QED) is 0.707. The zero-order valence-corrected chi connectivity index (χ0v) is 12.1. The fraction of sp³-hybridized carbons (Fsp3) is 0.231. The van der Waals surface area contributed by atoms with Gasteiger partial charge in [0.25, 0.3) is 0 Å². The molecule has 0 saturated carbocycles. The lowest BCUT2D eigenvalue weighted by Crippen LogP contribution is -1.94. The molecular formula is C13H12Br2O. The molecule has 0 amide bonds. The minimum absolute atomic E-state index is 0.203. The second kappa shape index (κ2) is 5.19. The molecule has 2 aromatic rings. The molecule has 0 N–H and O–H groups in total. The van der Waals surface area contributed by atoms with Crippen LogP contribution in [0.1, 0.15) is 28.6 Å². The van der Waals surface area contributed by atoms with Gasteiger partial charge in [0.1, 0.15) is 5.76 Å². The zero-order valence-electron chi connectivity index (χ0n) is 8.91. The minimum atomic E-state index is 0.203. The molecule has 16 heavy (non-hydrogen) atoms. The van der Waals surface area contributed by atoms with Gasteiger partial charge < -0.3 is 4.42 Å². The maximum Gasteiger partial charge on any atom is 0.108 e. The molecule has 1 heterocycles. The van der Waals surface area contributed by atoms with Crippen molar-refractivity contribution in [2.45, 2.75) is 18.2 Å². The van der Waals surface area contributed by atoms with Crippen LogP contribution >= 0.6 is 31.9 Å². The van der Waals surface area contributed by atoms with E-state index in [0.717, 1.165) is 16.7 Å². The summed E-state index contributed by atoms with van der Waals surface area (Å²) >= 11 is 7.15. The van der Waals surface area contributed by atoms with E-state index in [0.29, 0.717) is 0 Å². The van der Waals surface area contributed by atoms with Crippen LogP contribution in [0.3, 0.4) is 0 Å². The molecule has 1 aromatic carbocycles.